The van der Waals surface area contributed by atoms with Gasteiger partial charge in [0, 0.05) is 32.0 Å². The molecule has 35 heavy (non-hydrogen) atoms. The average molecular weight is 496 g/mol. The van der Waals surface area contributed by atoms with Gasteiger partial charge in [0.15, 0.2) is 6.29 Å². The number of benzene rings is 1. The van der Waals surface area contributed by atoms with Crippen LogP contribution >= 0.6 is 0 Å². The summed E-state index contributed by atoms with van der Waals surface area (Å²) in [7, 11) is 1.96. The highest BCUT2D eigenvalue weighted by atomic mass is 19.3. The van der Waals surface area contributed by atoms with E-state index in [1.807, 2.05) is 24.9 Å². The lowest BCUT2D eigenvalue weighted by Crippen LogP contribution is -2.49. The number of likely N-dealkylation sites (N-methyl/N-ethyl adjacent to an activating group) is 1. The number of para-hydroxylation sites is 1. The predicted molar refractivity (Wildman–Crippen MR) is 125 cm³/mol. The van der Waals surface area contributed by atoms with Crippen molar-refractivity contribution in [2.45, 2.75) is 83.4 Å². The molecule has 2 aliphatic heterocycles. The minimum Gasteiger partial charge on any atom is -0.481 e. The van der Waals surface area contributed by atoms with Gasteiger partial charge in [0.05, 0.1) is 24.6 Å². The fourth-order valence-electron chi connectivity index (χ4n) is 4.20. The van der Waals surface area contributed by atoms with Crippen LogP contribution in [-0.2, 0) is 41.7 Å². The van der Waals surface area contributed by atoms with Gasteiger partial charge in [-0.2, -0.15) is 4.94 Å². The molecule has 194 valence electrons. The number of hydrogen-bond donors (Lipinski definition) is 3. The van der Waals surface area contributed by atoms with Crippen LogP contribution < -0.4 is 15.5 Å². The molecule has 1 fully saturated rings. The van der Waals surface area contributed by atoms with Gasteiger partial charge >= 0.3 is 5.97 Å². The topological polar surface area (TPSA) is 134 Å². The Morgan fingerprint density at radius 3 is 2.63 bits per heavy atom. The smallest absolute Gasteiger partial charge is 0.303 e. The monoisotopic (exact) mass is 495 g/mol. The number of carbonyl (C=O) groups excluding carboxylic acids is 3. The molecule has 10 nitrogen and oxygen atoms in total. The predicted octanol–water partition coefficient (Wildman–Crippen LogP) is 1.69. The van der Waals surface area contributed by atoms with Crippen LogP contribution in [0.5, 0.6) is 0 Å². The van der Waals surface area contributed by atoms with Crippen molar-refractivity contribution in [2.24, 2.45) is 0 Å². The molecule has 0 radical (unpaired) electrons. The standard InChI is InChI=1S/C17H23FN2O3.C7H11NO4/c1-4-11-6-5-7-12-8-14(20(3)16(11)12)17(21)19-13-9-15(23-18)22-10(13)2;1-5(4-9)8-6(10)2-3-7(11)12/h5-7,10,13-15H,4,8-9H2,1-3H3,(H,19,21);4-5H,2-3H2,1H3,(H,8,10)(H,11,12)/t;5-/m.0/s1. The number of rotatable bonds is 9. The zero-order valence-corrected chi connectivity index (χ0v) is 20.5. The van der Waals surface area contributed by atoms with Crippen molar-refractivity contribution >= 4 is 29.8 Å². The Morgan fingerprint density at radius 2 is 2.06 bits per heavy atom. The van der Waals surface area contributed by atoms with E-state index < -0.39 is 24.2 Å². The van der Waals surface area contributed by atoms with Crippen LogP contribution in [0, 0.1) is 0 Å². The van der Waals surface area contributed by atoms with Crippen molar-refractivity contribution in [3.63, 3.8) is 0 Å². The van der Waals surface area contributed by atoms with E-state index in [-0.39, 0.29) is 36.9 Å². The zero-order chi connectivity index (χ0) is 26.1. The number of halogens is 1. The molecule has 2 aliphatic rings. The van der Waals surface area contributed by atoms with Crippen LogP contribution in [0.25, 0.3) is 0 Å². The van der Waals surface area contributed by atoms with E-state index in [1.54, 1.807) is 0 Å². The van der Waals surface area contributed by atoms with Crippen molar-refractivity contribution in [3.05, 3.63) is 29.3 Å². The maximum absolute atomic E-state index is 12.7. The number of carbonyl (C=O) groups is 4. The first-order valence-electron chi connectivity index (χ1n) is 11.6. The Balaban J connectivity index is 0.000000307. The number of ether oxygens (including phenoxy) is 1. The molecule has 11 heteroatoms. The summed E-state index contributed by atoms with van der Waals surface area (Å²) in [6.45, 7) is 5.45. The number of carboxylic acid groups (broad SMARTS) is 1. The normalized spacial score (nSPS) is 23.5. The summed E-state index contributed by atoms with van der Waals surface area (Å²) in [5.41, 5.74) is 3.62. The number of hydrogen-bond acceptors (Lipinski definition) is 7. The van der Waals surface area contributed by atoms with Gasteiger partial charge in [-0.25, -0.2) is 0 Å². The largest absolute Gasteiger partial charge is 0.481 e. The lowest BCUT2D eigenvalue weighted by Gasteiger charge is -2.25. The van der Waals surface area contributed by atoms with Crippen LogP contribution in [0.1, 0.15) is 51.2 Å². The van der Waals surface area contributed by atoms with Crippen molar-refractivity contribution in [3.8, 4) is 0 Å². The minimum absolute atomic E-state index is 0.0503. The van der Waals surface area contributed by atoms with E-state index in [9.17, 15) is 23.7 Å². The maximum Gasteiger partial charge on any atom is 0.303 e. The Hall–Kier alpha value is -3.05. The van der Waals surface area contributed by atoms with Gasteiger partial charge in [0.2, 0.25) is 11.8 Å². The Morgan fingerprint density at radius 1 is 1.34 bits per heavy atom. The average Bonchev–Trinajstić information content (AvgIpc) is 3.37. The Kier molecular flexibility index (Phi) is 10.6. The van der Waals surface area contributed by atoms with Gasteiger partial charge in [-0.05, 0) is 35.9 Å². The first kappa shape index (κ1) is 28.2. The molecule has 0 spiro atoms. The van der Waals surface area contributed by atoms with Crippen LogP contribution in [-0.4, -0.2) is 66.7 Å². The molecule has 0 aromatic heterocycles. The van der Waals surface area contributed by atoms with E-state index >= 15 is 0 Å². The number of carboxylic acids is 1. The second-order valence-electron chi connectivity index (χ2n) is 8.71. The van der Waals surface area contributed by atoms with Gasteiger partial charge in [0.1, 0.15) is 12.3 Å². The Labute approximate surface area is 204 Å². The van der Waals surface area contributed by atoms with E-state index in [4.69, 9.17) is 9.84 Å². The molecule has 3 N–H and O–H groups in total. The zero-order valence-electron chi connectivity index (χ0n) is 20.5. The van der Waals surface area contributed by atoms with Crippen molar-refractivity contribution in [2.75, 3.05) is 11.9 Å². The summed E-state index contributed by atoms with van der Waals surface area (Å²) < 4.78 is 17.5. The van der Waals surface area contributed by atoms with E-state index in [2.05, 4.69) is 34.6 Å². The van der Waals surface area contributed by atoms with Gasteiger partial charge in [-0.1, -0.05) is 25.1 Å². The molecule has 2 amide bonds. The number of aryl methyl sites for hydroxylation is 1. The number of aliphatic carboxylic acids is 1. The van der Waals surface area contributed by atoms with Crippen molar-refractivity contribution in [1.29, 1.82) is 0 Å². The molecular weight excluding hydrogens is 461 g/mol. The van der Waals surface area contributed by atoms with Crippen molar-refractivity contribution in [1.82, 2.24) is 10.6 Å². The van der Waals surface area contributed by atoms with Gasteiger partial charge < -0.3 is 30.2 Å². The molecule has 0 saturated carbocycles. The molecular formula is C24H34FN3O7. The van der Waals surface area contributed by atoms with E-state index in [0.717, 1.165) is 12.1 Å². The first-order valence-corrected chi connectivity index (χ1v) is 11.6. The third-order valence-corrected chi connectivity index (χ3v) is 6.09. The van der Waals surface area contributed by atoms with Gasteiger partial charge in [0.25, 0.3) is 0 Å². The summed E-state index contributed by atoms with van der Waals surface area (Å²) in [5.74, 6) is -1.49. The van der Waals surface area contributed by atoms with Crippen LogP contribution in [0.4, 0.5) is 10.2 Å². The molecule has 1 aromatic rings. The first-order chi connectivity index (χ1) is 16.6. The highest BCUT2D eigenvalue weighted by Crippen LogP contribution is 2.35. The summed E-state index contributed by atoms with van der Waals surface area (Å²) in [5, 5.41) is 13.5. The molecule has 4 unspecified atom stereocenters. The fraction of sp³-hybridized carbons (Fsp3) is 0.583. The number of nitrogens with zero attached hydrogens (tertiary/aromatic N) is 1. The molecule has 0 aliphatic carbocycles. The van der Waals surface area contributed by atoms with Gasteiger partial charge in [-0.3, -0.25) is 14.4 Å². The SMILES string of the molecule is CCc1cccc2c1N(C)C(C(=O)NC1CC(OF)OC1C)C2.C[C@@H](C=O)NC(=O)CCC(=O)O. The second-order valence-corrected chi connectivity index (χ2v) is 8.71. The summed E-state index contributed by atoms with van der Waals surface area (Å²) >= 11 is 0. The maximum atomic E-state index is 12.7. The highest BCUT2D eigenvalue weighted by molar-refractivity contribution is 5.89. The number of aldehydes is 1. The van der Waals surface area contributed by atoms with Crippen LogP contribution in [0.2, 0.25) is 0 Å². The molecule has 0 bridgehead atoms. The van der Waals surface area contributed by atoms with Crippen LogP contribution in [0.15, 0.2) is 18.2 Å². The number of nitrogens with one attached hydrogen (secondary N) is 2. The van der Waals surface area contributed by atoms with E-state index in [0.29, 0.717) is 19.1 Å². The summed E-state index contributed by atoms with van der Waals surface area (Å²) in [4.78, 5) is 49.3. The lowest BCUT2D eigenvalue weighted by molar-refractivity contribution is -0.265. The molecule has 3 rings (SSSR count). The van der Waals surface area contributed by atoms with Gasteiger partial charge in [-0.15, -0.1) is 0 Å². The molecule has 2 heterocycles. The number of fused-ring (bicyclic) bond motifs is 1. The highest BCUT2D eigenvalue weighted by Gasteiger charge is 2.38. The minimum atomic E-state index is -1.02. The third kappa shape index (κ3) is 7.72. The lowest BCUT2D eigenvalue weighted by atomic mass is 10.0. The quantitative estimate of drug-likeness (QED) is 0.441. The van der Waals surface area contributed by atoms with Crippen molar-refractivity contribution < 1.29 is 38.5 Å². The summed E-state index contributed by atoms with van der Waals surface area (Å²) in [6, 6.07) is 5.20. The number of anilines is 1. The molecule has 1 aromatic carbocycles. The van der Waals surface area contributed by atoms with E-state index in [1.165, 1.54) is 18.1 Å². The van der Waals surface area contributed by atoms with Crippen LogP contribution in [0.3, 0.4) is 0 Å². The molecule has 1 saturated heterocycles. The summed E-state index contributed by atoms with van der Waals surface area (Å²) in [6.07, 6.45) is 1.08. The fourth-order valence-corrected chi connectivity index (χ4v) is 4.20. The third-order valence-electron chi connectivity index (χ3n) is 6.09. The molecule has 5 atom stereocenters. The number of amides is 2. The second kappa shape index (κ2) is 13.1. The Bertz CT molecular complexity index is 913.